The van der Waals surface area contributed by atoms with E-state index in [1.165, 1.54) is 0 Å². The van der Waals surface area contributed by atoms with Crippen LogP contribution >= 0.6 is 0 Å². The van der Waals surface area contributed by atoms with Gasteiger partial charge in [0.05, 0.1) is 12.6 Å². The first-order valence-electron chi connectivity index (χ1n) is 4.30. The average molecular weight is 172 g/mol. The summed E-state index contributed by atoms with van der Waals surface area (Å²) in [5.74, 6) is 0.410. The van der Waals surface area contributed by atoms with Crippen molar-refractivity contribution < 1.29 is 9.90 Å². The molecule has 0 radical (unpaired) electrons. The molecule has 0 bridgehead atoms. The molecule has 4 heteroatoms. The second-order valence-corrected chi connectivity index (χ2v) is 3.26. The van der Waals surface area contributed by atoms with Crippen LogP contribution in [0, 0.1) is 5.92 Å². The second-order valence-electron chi connectivity index (χ2n) is 3.26. The maximum atomic E-state index is 11.2. The fraction of sp³-hybridized carbons (Fsp3) is 0.875. The van der Waals surface area contributed by atoms with Crippen molar-refractivity contribution in [2.75, 3.05) is 20.2 Å². The molecule has 0 aromatic carbocycles. The molecule has 1 aliphatic heterocycles. The standard InChI is InChI=1S/C8H16N2O2/c1-6-3-4-10(7(6)5-11)8(12)9-2/h6-7,11H,3-5H2,1-2H3,(H,9,12). The van der Waals surface area contributed by atoms with Gasteiger partial charge < -0.3 is 15.3 Å². The van der Waals surface area contributed by atoms with Crippen LogP contribution in [0.5, 0.6) is 0 Å². The van der Waals surface area contributed by atoms with E-state index in [2.05, 4.69) is 12.2 Å². The molecule has 0 aliphatic carbocycles. The lowest BCUT2D eigenvalue weighted by molar-refractivity contribution is 0.145. The second kappa shape index (κ2) is 3.76. The van der Waals surface area contributed by atoms with Crippen LogP contribution in [0.1, 0.15) is 13.3 Å². The molecule has 0 saturated carbocycles. The predicted octanol–water partition coefficient (Wildman–Crippen LogP) is 0.0285. The van der Waals surface area contributed by atoms with Crippen molar-refractivity contribution in [3.8, 4) is 0 Å². The minimum absolute atomic E-state index is 0.00458. The number of carbonyl (C=O) groups excluding carboxylic acids is 1. The maximum absolute atomic E-state index is 11.2. The van der Waals surface area contributed by atoms with Gasteiger partial charge in [0.1, 0.15) is 0 Å². The van der Waals surface area contributed by atoms with E-state index in [-0.39, 0.29) is 18.7 Å². The summed E-state index contributed by atoms with van der Waals surface area (Å²) in [7, 11) is 1.61. The maximum Gasteiger partial charge on any atom is 0.317 e. The number of aliphatic hydroxyl groups excluding tert-OH is 1. The van der Waals surface area contributed by atoms with Crippen LogP contribution in [0.4, 0.5) is 4.79 Å². The van der Waals surface area contributed by atoms with Gasteiger partial charge >= 0.3 is 6.03 Å². The highest BCUT2D eigenvalue weighted by atomic mass is 16.3. The van der Waals surface area contributed by atoms with Gasteiger partial charge in [0.2, 0.25) is 0 Å². The van der Waals surface area contributed by atoms with Crippen molar-refractivity contribution in [3.05, 3.63) is 0 Å². The first-order chi connectivity index (χ1) is 5.70. The van der Waals surface area contributed by atoms with Gasteiger partial charge in [0.15, 0.2) is 0 Å². The quantitative estimate of drug-likeness (QED) is 0.586. The zero-order valence-corrected chi connectivity index (χ0v) is 7.58. The molecule has 0 spiro atoms. The Morgan fingerprint density at radius 1 is 1.75 bits per heavy atom. The Balaban J connectivity index is 2.60. The topological polar surface area (TPSA) is 52.6 Å². The van der Waals surface area contributed by atoms with Gasteiger partial charge in [-0.1, -0.05) is 6.92 Å². The Morgan fingerprint density at radius 2 is 2.42 bits per heavy atom. The van der Waals surface area contributed by atoms with Crippen LogP contribution in [0.2, 0.25) is 0 Å². The molecule has 2 unspecified atom stereocenters. The smallest absolute Gasteiger partial charge is 0.317 e. The molecule has 2 amide bonds. The van der Waals surface area contributed by atoms with Crippen molar-refractivity contribution in [2.24, 2.45) is 5.92 Å². The number of aliphatic hydroxyl groups is 1. The van der Waals surface area contributed by atoms with Crippen LogP contribution in [0.15, 0.2) is 0 Å². The monoisotopic (exact) mass is 172 g/mol. The van der Waals surface area contributed by atoms with E-state index in [4.69, 9.17) is 5.11 Å². The van der Waals surface area contributed by atoms with E-state index >= 15 is 0 Å². The summed E-state index contributed by atoms with van der Waals surface area (Å²) >= 11 is 0. The Labute approximate surface area is 72.6 Å². The third-order valence-corrected chi connectivity index (χ3v) is 2.54. The molecule has 1 aliphatic rings. The first kappa shape index (κ1) is 9.32. The molecule has 4 nitrogen and oxygen atoms in total. The molecule has 0 aromatic rings. The van der Waals surface area contributed by atoms with Gasteiger partial charge in [-0.3, -0.25) is 0 Å². The van der Waals surface area contributed by atoms with Gasteiger partial charge in [0, 0.05) is 13.6 Å². The number of nitrogens with one attached hydrogen (secondary N) is 1. The number of nitrogens with zero attached hydrogens (tertiary/aromatic N) is 1. The normalized spacial score (nSPS) is 29.1. The number of hydrogen-bond acceptors (Lipinski definition) is 2. The van der Waals surface area contributed by atoms with E-state index in [1.807, 2.05) is 0 Å². The highest BCUT2D eigenvalue weighted by Crippen LogP contribution is 2.22. The number of likely N-dealkylation sites (tertiary alicyclic amines) is 1. The largest absolute Gasteiger partial charge is 0.394 e. The van der Waals surface area contributed by atoms with Gasteiger partial charge in [-0.2, -0.15) is 0 Å². The SMILES string of the molecule is CNC(=O)N1CCC(C)C1CO. The van der Waals surface area contributed by atoms with Crippen molar-refractivity contribution >= 4 is 6.03 Å². The Kier molecular flexibility index (Phi) is 2.92. The van der Waals surface area contributed by atoms with Crippen LogP contribution in [0.3, 0.4) is 0 Å². The minimum atomic E-state index is -0.0848. The fourth-order valence-corrected chi connectivity index (χ4v) is 1.68. The summed E-state index contributed by atoms with van der Waals surface area (Å²) in [6, 6.07) is -0.0802. The van der Waals surface area contributed by atoms with Gasteiger partial charge in [-0.15, -0.1) is 0 Å². The van der Waals surface area contributed by atoms with Crippen molar-refractivity contribution in [3.63, 3.8) is 0 Å². The Bertz CT molecular complexity index is 172. The third kappa shape index (κ3) is 1.53. The molecular weight excluding hydrogens is 156 g/mol. The van der Waals surface area contributed by atoms with Crippen molar-refractivity contribution in [2.45, 2.75) is 19.4 Å². The summed E-state index contributed by atoms with van der Waals surface area (Å²) in [5.41, 5.74) is 0. The molecule has 70 valence electrons. The van der Waals surface area contributed by atoms with E-state index in [0.717, 1.165) is 13.0 Å². The van der Waals surface area contributed by atoms with Gasteiger partial charge in [-0.25, -0.2) is 4.79 Å². The number of carbonyl (C=O) groups is 1. The summed E-state index contributed by atoms with van der Waals surface area (Å²) in [6.07, 6.45) is 0.985. The third-order valence-electron chi connectivity index (χ3n) is 2.54. The van der Waals surface area contributed by atoms with E-state index in [9.17, 15) is 4.79 Å². The number of amides is 2. The lowest BCUT2D eigenvalue weighted by atomic mass is 10.0. The zero-order chi connectivity index (χ0) is 9.14. The van der Waals surface area contributed by atoms with Gasteiger partial charge in [0.25, 0.3) is 0 Å². The molecule has 1 heterocycles. The van der Waals surface area contributed by atoms with Crippen LogP contribution in [-0.4, -0.2) is 42.3 Å². The van der Waals surface area contributed by atoms with E-state index in [1.54, 1.807) is 11.9 Å². The molecule has 2 N–H and O–H groups in total. The molecule has 1 fully saturated rings. The van der Waals surface area contributed by atoms with Crippen LogP contribution in [0.25, 0.3) is 0 Å². The van der Waals surface area contributed by atoms with Crippen LogP contribution in [-0.2, 0) is 0 Å². The summed E-state index contributed by atoms with van der Waals surface area (Å²) < 4.78 is 0. The van der Waals surface area contributed by atoms with Crippen molar-refractivity contribution in [1.82, 2.24) is 10.2 Å². The molecule has 0 aromatic heterocycles. The minimum Gasteiger partial charge on any atom is -0.394 e. The molecular formula is C8H16N2O2. The zero-order valence-electron chi connectivity index (χ0n) is 7.58. The number of urea groups is 1. The fourth-order valence-electron chi connectivity index (χ4n) is 1.68. The number of rotatable bonds is 1. The van der Waals surface area contributed by atoms with Crippen molar-refractivity contribution in [1.29, 1.82) is 0 Å². The molecule has 1 rings (SSSR count). The molecule has 12 heavy (non-hydrogen) atoms. The molecule has 2 atom stereocenters. The Morgan fingerprint density at radius 3 is 2.92 bits per heavy atom. The van der Waals surface area contributed by atoms with Crippen LogP contribution < -0.4 is 5.32 Å². The highest BCUT2D eigenvalue weighted by Gasteiger charge is 2.33. The lowest BCUT2D eigenvalue weighted by Crippen LogP contribution is -2.44. The summed E-state index contributed by atoms with van der Waals surface area (Å²) in [5, 5.41) is 11.6. The lowest BCUT2D eigenvalue weighted by Gasteiger charge is -2.24. The first-order valence-corrected chi connectivity index (χ1v) is 4.30. The van der Waals surface area contributed by atoms with Gasteiger partial charge in [-0.05, 0) is 12.3 Å². The summed E-state index contributed by atoms with van der Waals surface area (Å²) in [6.45, 7) is 2.88. The van der Waals surface area contributed by atoms with E-state index in [0.29, 0.717) is 5.92 Å². The summed E-state index contributed by atoms with van der Waals surface area (Å²) in [4.78, 5) is 12.9. The molecule has 1 saturated heterocycles. The Hall–Kier alpha value is -0.770. The highest BCUT2D eigenvalue weighted by molar-refractivity contribution is 5.74. The number of hydrogen-bond donors (Lipinski definition) is 2. The average Bonchev–Trinajstić information content (AvgIpc) is 2.45. The predicted molar refractivity (Wildman–Crippen MR) is 45.8 cm³/mol. The van der Waals surface area contributed by atoms with E-state index < -0.39 is 0 Å².